The molecule has 1 unspecified atom stereocenters. The van der Waals surface area contributed by atoms with Crippen LogP contribution in [0.25, 0.3) is 10.9 Å². The number of benzene rings is 2. The zero-order chi connectivity index (χ0) is 22.1. The Hall–Kier alpha value is -3.36. The molecule has 2 aromatic carbocycles. The highest BCUT2D eigenvalue weighted by Gasteiger charge is 2.33. The molecule has 0 radical (unpaired) electrons. The molecule has 8 heteroatoms. The smallest absolute Gasteiger partial charge is 0.322 e. The predicted octanol–water partition coefficient (Wildman–Crippen LogP) is 5.22. The zero-order valence-corrected chi connectivity index (χ0v) is 18.8. The van der Waals surface area contributed by atoms with E-state index in [2.05, 4.69) is 27.8 Å². The average Bonchev–Trinajstić information content (AvgIpc) is 3.37. The zero-order valence-electron chi connectivity index (χ0n) is 17.1. The number of nitrogens with one attached hydrogen (secondary N) is 2. The summed E-state index contributed by atoms with van der Waals surface area (Å²) in [5.41, 5.74) is 3.04. The molecule has 32 heavy (non-hydrogen) atoms. The lowest BCUT2D eigenvalue weighted by Gasteiger charge is -2.11. The van der Waals surface area contributed by atoms with Gasteiger partial charge in [0.15, 0.2) is 0 Å². The molecule has 0 bridgehead atoms. The summed E-state index contributed by atoms with van der Waals surface area (Å²) in [5.74, 6) is 0.461. The number of carbonyl (C=O) groups is 2. The van der Waals surface area contributed by atoms with Gasteiger partial charge in [0.1, 0.15) is 18.4 Å². The van der Waals surface area contributed by atoms with Gasteiger partial charge in [0, 0.05) is 26.4 Å². The molecule has 1 fully saturated rings. The fourth-order valence-corrected chi connectivity index (χ4v) is 5.68. The molecule has 5 rings (SSSR count). The lowest BCUT2D eigenvalue weighted by molar-refractivity contribution is -0.120. The van der Waals surface area contributed by atoms with Crippen molar-refractivity contribution in [3.05, 3.63) is 82.2 Å². The van der Waals surface area contributed by atoms with E-state index in [1.54, 1.807) is 11.8 Å². The van der Waals surface area contributed by atoms with Crippen LogP contribution in [0.3, 0.4) is 0 Å². The minimum Gasteiger partial charge on any atom is -0.489 e. The van der Waals surface area contributed by atoms with Gasteiger partial charge in [-0.2, -0.15) is 0 Å². The van der Waals surface area contributed by atoms with Crippen LogP contribution in [-0.2, 0) is 11.4 Å². The van der Waals surface area contributed by atoms with Crippen LogP contribution in [0.15, 0.2) is 75.8 Å². The number of aryl methyl sites for hydroxylation is 1. The maximum Gasteiger partial charge on any atom is 0.322 e. The largest absolute Gasteiger partial charge is 0.489 e. The standard InChI is InChI=1S/C24H19N3O3S2/c1-14-12-15(18-4-2-3-5-19(18)25-14)13-30-16-6-8-17(9-7-16)32-20-10-11-31-22(20)21-23(28)27-24(29)26-21/h2-12,21H,13H2,1H3,(H2,26,27,28,29). The molecule has 0 saturated carbocycles. The van der Waals surface area contributed by atoms with Crippen molar-refractivity contribution in [2.45, 2.75) is 29.4 Å². The summed E-state index contributed by atoms with van der Waals surface area (Å²) >= 11 is 3.01. The van der Waals surface area contributed by atoms with Gasteiger partial charge >= 0.3 is 6.03 Å². The number of nitrogens with zero attached hydrogens (tertiary/aromatic N) is 1. The van der Waals surface area contributed by atoms with Crippen molar-refractivity contribution in [2.24, 2.45) is 0 Å². The molecule has 2 N–H and O–H groups in total. The van der Waals surface area contributed by atoms with E-state index in [0.717, 1.165) is 42.6 Å². The summed E-state index contributed by atoms with van der Waals surface area (Å²) in [6, 6.07) is 18.9. The third-order valence-corrected chi connectivity index (χ3v) is 7.26. The summed E-state index contributed by atoms with van der Waals surface area (Å²) in [7, 11) is 0. The third-order valence-electron chi connectivity index (χ3n) is 5.07. The van der Waals surface area contributed by atoms with Crippen molar-refractivity contribution < 1.29 is 14.3 Å². The first-order chi connectivity index (χ1) is 15.6. The first-order valence-corrected chi connectivity index (χ1v) is 11.7. The summed E-state index contributed by atoms with van der Waals surface area (Å²) in [5, 5.41) is 7.97. The summed E-state index contributed by atoms with van der Waals surface area (Å²) in [4.78, 5) is 30.8. The van der Waals surface area contributed by atoms with Crippen LogP contribution in [0, 0.1) is 6.92 Å². The third kappa shape index (κ3) is 4.19. The molecule has 0 spiro atoms. The molecule has 160 valence electrons. The number of aromatic nitrogens is 1. The molecular formula is C24H19N3O3S2. The van der Waals surface area contributed by atoms with E-state index in [1.165, 1.54) is 11.3 Å². The normalized spacial score (nSPS) is 15.6. The van der Waals surface area contributed by atoms with Crippen LogP contribution in [0.2, 0.25) is 0 Å². The van der Waals surface area contributed by atoms with E-state index in [1.807, 2.05) is 60.8 Å². The van der Waals surface area contributed by atoms with E-state index in [-0.39, 0.29) is 5.91 Å². The lowest BCUT2D eigenvalue weighted by Crippen LogP contribution is -2.22. The van der Waals surface area contributed by atoms with Gasteiger partial charge in [0.05, 0.1) is 10.4 Å². The number of fused-ring (bicyclic) bond motifs is 1. The quantitative estimate of drug-likeness (QED) is 0.385. The monoisotopic (exact) mass is 461 g/mol. The average molecular weight is 462 g/mol. The molecule has 3 heterocycles. The second kappa shape index (κ2) is 8.64. The fraction of sp³-hybridized carbons (Fsp3) is 0.125. The number of para-hydroxylation sites is 1. The summed E-state index contributed by atoms with van der Waals surface area (Å²) < 4.78 is 6.04. The fourth-order valence-electron chi connectivity index (χ4n) is 3.61. The topological polar surface area (TPSA) is 80.3 Å². The van der Waals surface area contributed by atoms with Gasteiger partial charge in [0.25, 0.3) is 5.91 Å². The van der Waals surface area contributed by atoms with Crippen LogP contribution in [0.4, 0.5) is 4.79 Å². The number of carbonyl (C=O) groups excluding carboxylic acids is 2. The minimum atomic E-state index is -0.633. The van der Waals surface area contributed by atoms with Crippen molar-refractivity contribution in [2.75, 3.05) is 0 Å². The number of amides is 3. The number of pyridine rings is 1. The van der Waals surface area contributed by atoms with Gasteiger partial charge in [-0.25, -0.2) is 4.79 Å². The molecule has 1 saturated heterocycles. The van der Waals surface area contributed by atoms with Crippen LogP contribution in [0.5, 0.6) is 5.75 Å². The van der Waals surface area contributed by atoms with E-state index in [0.29, 0.717) is 6.61 Å². The van der Waals surface area contributed by atoms with Crippen molar-refractivity contribution in [3.8, 4) is 5.75 Å². The number of hydrogen-bond acceptors (Lipinski definition) is 6. The van der Waals surface area contributed by atoms with Gasteiger partial charge in [0.2, 0.25) is 0 Å². The Morgan fingerprint density at radius 1 is 1.09 bits per heavy atom. The Balaban J connectivity index is 1.28. The summed E-state index contributed by atoms with van der Waals surface area (Å²) in [6.45, 7) is 2.45. The number of thiophene rings is 1. The van der Waals surface area contributed by atoms with Gasteiger partial charge in [-0.15, -0.1) is 11.3 Å². The lowest BCUT2D eigenvalue weighted by atomic mass is 10.1. The van der Waals surface area contributed by atoms with E-state index < -0.39 is 12.1 Å². The Bertz CT molecular complexity index is 1320. The van der Waals surface area contributed by atoms with Crippen LogP contribution in [0.1, 0.15) is 22.2 Å². The Labute approximate surface area is 193 Å². The van der Waals surface area contributed by atoms with Crippen molar-refractivity contribution in [3.63, 3.8) is 0 Å². The molecule has 6 nitrogen and oxygen atoms in total. The van der Waals surface area contributed by atoms with Gasteiger partial charge in [-0.1, -0.05) is 30.0 Å². The maximum absolute atomic E-state index is 12.0. The molecule has 2 aromatic heterocycles. The SMILES string of the molecule is Cc1cc(COc2ccc(Sc3ccsc3C3NC(=O)NC3=O)cc2)c2ccccc2n1. The number of rotatable bonds is 6. The first kappa shape index (κ1) is 20.5. The Morgan fingerprint density at radius 2 is 1.91 bits per heavy atom. The molecule has 0 aliphatic carbocycles. The van der Waals surface area contributed by atoms with Gasteiger partial charge < -0.3 is 10.1 Å². The van der Waals surface area contributed by atoms with Crippen molar-refractivity contribution >= 4 is 45.9 Å². The predicted molar refractivity (Wildman–Crippen MR) is 125 cm³/mol. The second-order valence-electron chi connectivity index (χ2n) is 7.35. The number of urea groups is 1. The van der Waals surface area contributed by atoms with Crippen LogP contribution >= 0.6 is 23.1 Å². The number of ether oxygens (including phenoxy) is 1. The highest BCUT2D eigenvalue weighted by atomic mass is 32.2. The molecular weight excluding hydrogens is 442 g/mol. The van der Waals surface area contributed by atoms with Gasteiger partial charge in [-0.3, -0.25) is 15.1 Å². The molecule has 1 aliphatic heterocycles. The maximum atomic E-state index is 12.0. The van der Waals surface area contributed by atoms with Gasteiger partial charge in [-0.05, 0) is 54.8 Å². The Morgan fingerprint density at radius 3 is 2.69 bits per heavy atom. The number of imide groups is 1. The minimum absolute atomic E-state index is 0.318. The second-order valence-corrected chi connectivity index (χ2v) is 9.41. The number of hydrogen-bond donors (Lipinski definition) is 2. The van der Waals surface area contributed by atoms with Crippen molar-refractivity contribution in [1.82, 2.24) is 15.6 Å². The molecule has 1 aliphatic rings. The molecule has 1 atom stereocenters. The van der Waals surface area contributed by atoms with E-state index >= 15 is 0 Å². The highest BCUT2D eigenvalue weighted by Crippen LogP contribution is 2.38. The summed E-state index contributed by atoms with van der Waals surface area (Å²) in [6.07, 6.45) is 0. The first-order valence-electron chi connectivity index (χ1n) is 10.0. The van der Waals surface area contributed by atoms with E-state index in [4.69, 9.17) is 4.74 Å². The molecule has 3 amide bonds. The highest BCUT2D eigenvalue weighted by molar-refractivity contribution is 7.99. The Kier molecular flexibility index (Phi) is 5.55. The van der Waals surface area contributed by atoms with Crippen molar-refractivity contribution in [1.29, 1.82) is 0 Å². The van der Waals surface area contributed by atoms with Crippen LogP contribution < -0.4 is 15.4 Å². The van der Waals surface area contributed by atoms with E-state index in [9.17, 15) is 9.59 Å². The van der Waals surface area contributed by atoms with Crippen LogP contribution in [-0.4, -0.2) is 16.9 Å². The molecule has 4 aromatic rings.